The number of unbranched alkanes of at least 4 members (excludes halogenated alkanes) is 1. The molecule has 3 heteroatoms. The summed E-state index contributed by atoms with van der Waals surface area (Å²) in [5, 5.41) is 19.6. The third-order valence-corrected chi connectivity index (χ3v) is 3.76. The Morgan fingerprint density at radius 3 is 2.64 bits per heavy atom. The van der Waals surface area contributed by atoms with Crippen molar-refractivity contribution >= 4 is 0 Å². The summed E-state index contributed by atoms with van der Waals surface area (Å²) in [6.45, 7) is 4.01. The first-order valence-corrected chi connectivity index (χ1v) is 7.81. The molecule has 0 spiro atoms. The molecule has 118 valence electrons. The highest BCUT2D eigenvalue weighted by molar-refractivity contribution is 5.44. The van der Waals surface area contributed by atoms with Gasteiger partial charge >= 0.3 is 0 Å². The van der Waals surface area contributed by atoms with E-state index in [1.807, 2.05) is 49.4 Å². The Kier molecular flexibility index (Phi) is 5.99. The lowest BCUT2D eigenvalue weighted by Crippen LogP contribution is -1.99. The summed E-state index contributed by atoms with van der Waals surface area (Å²) >= 11 is 0. The molecule has 0 radical (unpaired) electrons. The summed E-state index contributed by atoms with van der Waals surface area (Å²) in [5.74, 6) is 1.36. The lowest BCUT2D eigenvalue weighted by Gasteiger charge is -2.15. The molecule has 0 aromatic heterocycles. The summed E-state index contributed by atoms with van der Waals surface area (Å²) < 4.78 is 5.96. The van der Waals surface area contributed by atoms with Crippen LogP contribution >= 0.6 is 0 Å². The predicted molar refractivity (Wildman–Crippen MR) is 88.1 cm³/mol. The van der Waals surface area contributed by atoms with Crippen LogP contribution in [0.4, 0.5) is 0 Å². The molecule has 0 aliphatic rings. The number of aliphatic hydroxyl groups is 2. The van der Waals surface area contributed by atoms with Crippen LogP contribution in [-0.4, -0.2) is 10.2 Å². The molecule has 1 unspecified atom stereocenters. The monoisotopic (exact) mass is 300 g/mol. The minimum Gasteiger partial charge on any atom is -0.457 e. The van der Waals surface area contributed by atoms with Gasteiger partial charge in [-0.2, -0.15) is 0 Å². The van der Waals surface area contributed by atoms with Crippen LogP contribution in [0.1, 0.15) is 49.0 Å². The molecule has 2 aromatic carbocycles. The van der Waals surface area contributed by atoms with Gasteiger partial charge < -0.3 is 14.9 Å². The van der Waals surface area contributed by atoms with E-state index in [2.05, 4.69) is 6.92 Å². The zero-order chi connectivity index (χ0) is 15.9. The molecule has 0 amide bonds. The van der Waals surface area contributed by atoms with Gasteiger partial charge in [-0.3, -0.25) is 0 Å². The van der Waals surface area contributed by atoms with Gasteiger partial charge in [-0.05, 0) is 36.6 Å². The maximum Gasteiger partial charge on any atom is 0.135 e. The second kappa shape index (κ2) is 7.97. The van der Waals surface area contributed by atoms with Crippen LogP contribution in [0.3, 0.4) is 0 Å². The van der Waals surface area contributed by atoms with Crippen LogP contribution in [0, 0.1) is 6.92 Å². The van der Waals surface area contributed by atoms with Crippen molar-refractivity contribution in [2.45, 2.75) is 45.8 Å². The highest BCUT2D eigenvalue weighted by atomic mass is 16.5. The standard InChI is InChI=1S/C19H24O3/c1-3-4-11-18(21)15-8-6-10-17(12-15)22-19-14(2)7-5-9-16(19)13-20/h5-10,12,18,20-21H,3-4,11,13H2,1-2H3. The Balaban J connectivity index is 2.21. The van der Waals surface area contributed by atoms with Crippen LogP contribution in [0.5, 0.6) is 11.5 Å². The van der Waals surface area contributed by atoms with Crippen LogP contribution in [0.15, 0.2) is 42.5 Å². The summed E-state index contributed by atoms with van der Waals surface area (Å²) in [4.78, 5) is 0. The fraction of sp³-hybridized carbons (Fsp3) is 0.368. The van der Waals surface area contributed by atoms with Gasteiger partial charge in [0.15, 0.2) is 0 Å². The number of benzene rings is 2. The van der Waals surface area contributed by atoms with Crippen molar-refractivity contribution < 1.29 is 14.9 Å². The predicted octanol–water partition coefficient (Wildman–Crippen LogP) is 4.50. The average molecular weight is 300 g/mol. The van der Waals surface area contributed by atoms with Crippen molar-refractivity contribution in [3.63, 3.8) is 0 Å². The number of hydrogen-bond acceptors (Lipinski definition) is 3. The first kappa shape index (κ1) is 16.5. The van der Waals surface area contributed by atoms with Crippen molar-refractivity contribution in [2.24, 2.45) is 0 Å². The molecular weight excluding hydrogens is 276 g/mol. The van der Waals surface area contributed by atoms with Gasteiger partial charge in [0, 0.05) is 5.56 Å². The molecule has 2 rings (SSSR count). The fourth-order valence-corrected chi connectivity index (χ4v) is 2.45. The molecule has 3 nitrogen and oxygen atoms in total. The number of hydrogen-bond donors (Lipinski definition) is 2. The molecule has 0 saturated carbocycles. The van der Waals surface area contributed by atoms with E-state index in [1.165, 1.54) is 0 Å². The highest BCUT2D eigenvalue weighted by Crippen LogP contribution is 2.31. The number of para-hydroxylation sites is 1. The van der Waals surface area contributed by atoms with E-state index in [0.717, 1.165) is 36.0 Å². The van der Waals surface area contributed by atoms with E-state index in [1.54, 1.807) is 0 Å². The summed E-state index contributed by atoms with van der Waals surface area (Å²) in [6.07, 6.45) is 2.36. The Morgan fingerprint density at radius 2 is 1.91 bits per heavy atom. The number of aryl methyl sites for hydroxylation is 1. The molecule has 1 atom stereocenters. The van der Waals surface area contributed by atoms with Gasteiger partial charge in [-0.1, -0.05) is 50.1 Å². The molecule has 22 heavy (non-hydrogen) atoms. The van der Waals surface area contributed by atoms with Crippen LogP contribution in [0.2, 0.25) is 0 Å². The molecule has 0 fully saturated rings. The molecule has 2 N–H and O–H groups in total. The molecule has 0 heterocycles. The number of rotatable bonds is 7. The van der Waals surface area contributed by atoms with E-state index >= 15 is 0 Å². The summed E-state index contributed by atoms with van der Waals surface area (Å²) in [5.41, 5.74) is 2.60. The molecule has 0 aliphatic heterocycles. The van der Waals surface area contributed by atoms with Gasteiger partial charge in [-0.25, -0.2) is 0 Å². The third-order valence-electron chi connectivity index (χ3n) is 3.76. The van der Waals surface area contributed by atoms with Gasteiger partial charge in [0.1, 0.15) is 11.5 Å². The lowest BCUT2D eigenvalue weighted by molar-refractivity contribution is 0.164. The smallest absolute Gasteiger partial charge is 0.135 e. The van der Waals surface area contributed by atoms with Gasteiger partial charge in [-0.15, -0.1) is 0 Å². The van der Waals surface area contributed by atoms with E-state index in [9.17, 15) is 10.2 Å². The average Bonchev–Trinajstić information content (AvgIpc) is 2.54. The highest BCUT2D eigenvalue weighted by Gasteiger charge is 2.11. The van der Waals surface area contributed by atoms with Gasteiger partial charge in [0.05, 0.1) is 12.7 Å². The Hall–Kier alpha value is -1.84. The summed E-state index contributed by atoms with van der Waals surface area (Å²) in [6, 6.07) is 13.2. The number of aliphatic hydroxyl groups excluding tert-OH is 2. The number of ether oxygens (including phenoxy) is 1. The second-order valence-electron chi connectivity index (χ2n) is 5.55. The maximum absolute atomic E-state index is 10.2. The van der Waals surface area contributed by atoms with Crippen LogP contribution in [0.25, 0.3) is 0 Å². The minimum atomic E-state index is -0.460. The molecule has 0 bridgehead atoms. The van der Waals surface area contributed by atoms with Gasteiger partial charge in [0.25, 0.3) is 0 Å². The molecule has 0 aliphatic carbocycles. The fourth-order valence-electron chi connectivity index (χ4n) is 2.45. The minimum absolute atomic E-state index is 0.0597. The van der Waals surface area contributed by atoms with Crippen molar-refractivity contribution in [2.75, 3.05) is 0 Å². The normalized spacial score (nSPS) is 12.2. The van der Waals surface area contributed by atoms with Crippen molar-refractivity contribution in [1.82, 2.24) is 0 Å². The zero-order valence-electron chi connectivity index (χ0n) is 13.2. The topological polar surface area (TPSA) is 49.7 Å². The van der Waals surface area contributed by atoms with Crippen molar-refractivity contribution in [3.05, 3.63) is 59.2 Å². The Labute approximate surface area is 132 Å². The van der Waals surface area contributed by atoms with E-state index in [0.29, 0.717) is 11.5 Å². The summed E-state index contributed by atoms with van der Waals surface area (Å²) in [7, 11) is 0. The van der Waals surface area contributed by atoms with Crippen molar-refractivity contribution in [1.29, 1.82) is 0 Å². The van der Waals surface area contributed by atoms with Crippen LogP contribution in [-0.2, 0) is 6.61 Å². The van der Waals surface area contributed by atoms with Gasteiger partial charge in [0.2, 0.25) is 0 Å². The first-order valence-electron chi connectivity index (χ1n) is 7.81. The lowest BCUT2D eigenvalue weighted by atomic mass is 10.0. The van der Waals surface area contributed by atoms with Crippen LogP contribution < -0.4 is 4.74 Å². The molecular formula is C19H24O3. The maximum atomic E-state index is 10.2. The first-order chi connectivity index (χ1) is 10.7. The quantitative estimate of drug-likeness (QED) is 0.791. The van der Waals surface area contributed by atoms with E-state index < -0.39 is 6.10 Å². The van der Waals surface area contributed by atoms with E-state index in [-0.39, 0.29) is 6.61 Å². The second-order valence-corrected chi connectivity index (χ2v) is 5.55. The third kappa shape index (κ3) is 4.09. The largest absolute Gasteiger partial charge is 0.457 e. The molecule has 2 aromatic rings. The Morgan fingerprint density at radius 1 is 1.14 bits per heavy atom. The van der Waals surface area contributed by atoms with E-state index in [4.69, 9.17) is 4.74 Å². The van der Waals surface area contributed by atoms with Crippen molar-refractivity contribution in [3.8, 4) is 11.5 Å². The SMILES string of the molecule is CCCCC(O)c1cccc(Oc2c(C)cccc2CO)c1. The zero-order valence-corrected chi connectivity index (χ0v) is 13.2. The molecule has 0 saturated heterocycles. The Bertz CT molecular complexity index is 607.